The zero-order chi connectivity index (χ0) is 19.9. The lowest BCUT2D eigenvalue weighted by Crippen LogP contribution is -2.56. The molecule has 2 rings (SSSR count). The fourth-order valence-electron chi connectivity index (χ4n) is 2.88. The number of methoxy groups -OCH3 is 1. The van der Waals surface area contributed by atoms with Crippen molar-refractivity contribution >= 4 is 17.7 Å². The van der Waals surface area contributed by atoms with E-state index in [1.54, 1.807) is 43.1 Å². The van der Waals surface area contributed by atoms with Gasteiger partial charge >= 0.3 is 5.97 Å². The molecule has 0 amide bonds. The van der Waals surface area contributed by atoms with Crippen LogP contribution < -0.4 is 0 Å². The maximum atomic E-state index is 12.2. The Morgan fingerprint density at radius 3 is 2.67 bits per heavy atom. The van der Waals surface area contributed by atoms with Crippen LogP contribution in [-0.2, 0) is 23.7 Å². The van der Waals surface area contributed by atoms with Gasteiger partial charge in [-0.15, -0.1) is 11.8 Å². The highest BCUT2D eigenvalue weighted by molar-refractivity contribution is 7.99. The predicted octanol–water partition coefficient (Wildman–Crippen LogP) is 3.49. The Labute approximate surface area is 165 Å². The van der Waals surface area contributed by atoms with Crippen LogP contribution in [0.5, 0.6) is 0 Å². The Hall–Kier alpha value is -1.12. The van der Waals surface area contributed by atoms with Crippen molar-refractivity contribution in [3.05, 3.63) is 35.9 Å². The van der Waals surface area contributed by atoms with Crippen molar-refractivity contribution in [1.29, 1.82) is 0 Å². The minimum atomic E-state index is -0.758. The van der Waals surface area contributed by atoms with Crippen LogP contribution in [0.3, 0.4) is 0 Å². The molecule has 7 heteroatoms. The monoisotopic (exact) mass is 398 g/mol. The number of benzene rings is 1. The number of rotatable bonds is 9. The molecule has 2 unspecified atom stereocenters. The minimum absolute atomic E-state index is 0.000266. The van der Waals surface area contributed by atoms with E-state index < -0.39 is 24.0 Å². The standard InChI is InChI=1S/C20H30O6S/c1-6-27-14(2)25-17-13-24-20(3,4)26-18(17)16(22-5)12-23-19(21)15-10-8-7-9-11-15/h7-11,14,16-18H,6,12-13H2,1-5H3/t14-,16?,17?,18-/m0/s1. The Bertz CT molecular complexity index is 579. The number of hydrogen-bond acceptors (Lipinski definition) is 7. The van der Waals surface area contributed by atoms with Crippen LogP contribution in [0, 0.1) is 0 Å². The Morgan fingerprint density at radius 1 is 1.33 bits per heavy atom. The van der Waals surface area contributed by atoms with E-state index in [9.17, 15) is 4.79 Å². The zero-order valence-electron chi connectivity index (χ0n) is 16.7. The van der Waals surface area contributed by atoms with Crippen molar-refractivity contribution in [2.24, 2.45) is 0 Å². The number of ether oxygens (including phenoxy) is 5. The van der Waals surface area contributed by atoms with Crippen LogP contribution in [0.2, 0.25) is 0 Å². The van der Waals surface area contributed by atoms with E-state index >= 15 is 0 Å². The summed E-state index contributed by atoms with van der Waals surface area (Å²) in [6, 6.07) is 8.88. The largest absolute Gasteiger partial charge is 0.459 e. The number of thioether (sulfide) groups is 1. The lowest BCUT2D eigenvalue weighted by atomic mass is 10.1. The summed E-state index contributed by atoms with van der Waals surface area (Å²) < 4.78 is 29.0. The summed E-state index contributed by atoms with van der Waals surface area (Å²) in [4.78, 5) is 12.2. The molecule has 6 nitrogen and oxygen atoms in total. The van der Waals surface area contributed by atoms with Crippen molar-refractivity contribution in [1.82, 2.24) is 0 Å². The highest BCUT2D eigenvalue weighted by atomic mass is 32.2. The van der Waals surface area contributed by atoms with Crippen molar-refractivity contribution in [2.75, 3.05) is 26.1 Å². The summed E-state index contributed by atoms with van der Waals surface area (Å²) in [5.74, 6) is -0.198. The molecule has 1 aromatic carbocycles. The first-order chi connectivity index (χ1) is 12.9. The van der Waals surface area contributed by atoms with Crippen LogP contribution in [0.4, 0.5) is 0 Å². The molecule has 1 aromatic rings. The SMILES string of the molecule is CCS[C@@H](C)OC1COC(C)(C)O[C@H]1C(COC(=O)c1ccccc1)OC. The third-order valence-corrected chi connectivity index (χ3v) is 5.12. The van der Waals surface area contributed by atoms with Crippen LogP contribution in [0.15, 0.2) is 30.3 Å². The molecule has 0 N–H and O–H groups in total. The predicted molar refractivity (Wildman–Crippen MR) is 105 cm³/mol. The van der Waals surface area contributed by atoms with Gasteiger partial charge in [-0.1, -0.05) is 25.1 Å². The van der Waals surface area contributed by atoms with E-state index in [2.05, 4.69) is 6.92 Å². The molecule has 0 radical (unpaired) electrons. The Balaban J connectivity index is 2.03. The molecule has 0 aromatic heterocycles. The molecule has 0 aliphatic carbocycles. The molecule has 1 heterocycles. The number of esters is 1. The molecule has 0 bridgehead atoms. The van der Waals surface area contributed by atoms with Gasteiger partial charge in [-0.3, -0.25) is 0 Å². The van der Waals surface area contributed by atoms with E-state index in [1.165, 1.54) is 0 Å². The molecule has 4 atom stereocenters. The highest BCUT2D eigenvalue weighted by Crippen LogP contribution is 2.29. The first-order valence-corrected chi connectivity index (χ1v) is 10.2. The molecule has 0 spiro atoms. The van der Waals surface area contributed by atoms with Crippen LogP contribution >= 0.6 is 11.8 Å². The topological polar surface area (TPSA) is 63.2 Å². The molecule has 0 saturated carbocycles. The second kappa shape index (κ2) is 10.4. The molecule has 152 valence electrons. The van der Waals surface area contributed by atoms with Gasteiger partial charge in [0.2, 0.25) is 0 Å². The van der Waals surface area contributed by atoms with Crippen molar-refractivity contribution < 1.29 is 28.5 Å². The summed E-state index contributed by atoms with van der Waals surface area (Å²) in [7, 11) is 1.58. The fraction of sp³-hybridized carbons (Fsp3) is 0.650. The van der Waals surface area contributed by atoms with Crippen molar-refractivity contribution in [3.8, 4) is 0 Å². The zero-order valence-corrected chi connectivity index (χ0v) is 17.5. The smallest absolute Gasteiger partial charge is 0.338 e. The molecule has 1 fully saturated rings. The van der Waals surface area contributed by atoms with Gasteiger partial charge in [0, 0.05) is 7.11 Å². The maximum Gasteiger partial charge on any atom is 0.338 e. The summed E-state index contributed by atoms with van der Waals surface area (Å²) in [5, 5.41) is 0. The lowest BCUT2D eigenvalue weighted by molar-refractivity contribution is -0.328. The number of hydrogen-bond donors (Lipinski definition) is 0. The second-order valence-corrected chi connectivity index (χ2v) is 8.30. The Kier molecular flexibility index (Phi) is 8.57. The van der Waals surface area contributed by atoms with E-state index in [1.807, 2.05) is 26.8 Å². The van der Waals surface area contributed by atoms with E-state index in [-0.39, 0.29) is 18.1 Å². The first kappa shape index (κ1) is 22.2. The lowest BCUT2D eigenvalue weighted by Gasteiger charge is -2.43. The van der Waals surface area contributed by atoms with Gasteiger partial charge in [0.1, 0.15) is 30.4 Å². The third-order valence-electron chi connectivity index (χ3n) is 4.21. The summed E-state index contributed by atoms with van der Waals surface area (Å²) in [6.07, 6.45) is -1.20. The van der Waals surface area contributed by atoms with Gasteiger partial charge < -0.3 is 23.7 Å². The quantitative estimate of drug-likeness (QED) is 0.466. The average molecular weight is 399 g/mol. The van der Waals surface area contributed by atoms with Crippen LogP contribution in [0.25, 0.3) is 0 Å². The van der Waals surface area contributed by atoms with Crippen LogP contribution in [-0.4, -0.2) is 61.6 Å². The van der Waals surface area contributed by atoms with Gasteiger partial charge in [-0.25, -0.2) is 4.79 Å². The normalized spacial score (nSPS) is 24.2. The third kappa shape index (κ3) is 6.76. The maximum absolute atomic E-state index is 12.2. The molecule has 27 heavy (non-hydrogen) atoms. The van der Waals surface area contributed by atoms with Gasteiger partial charge in [0.05, 0.1) is 12.2 Å². The first-order valence-electron chi connectivity index (χ1n) is 9.20. The van der Waals surface area contributed by atoms with Gasteiger partial charge in [0.25, 0.3) is 0 Å². The van der Waals surface area contributed by atoms with Gasteiger partial charge in [-0.05, 0) is 38.7 Å². The van der Waals surface area contributed by atoms with E-state index in [0.29, 0.717) is 12.2 Å². The molecule has 1 saturated heterocycles. The molecular weight excluding hydrogens is 368 g/mol. The van der Waals surface area contributed by atoms with Crippen molar-refractivity contribution in [3.63, 3.8) is 0 Å². The van der Waals surface area contributed by atoms with E-state index in [0.717, 1.165) is 5.75 Å². The number of carbonyl (C=O) groups excluding carboxylic acids is 1. The minimum Gasteiger partial charge on any atom is -0.459 e. The molecular formula is C20H30O6S. The number of carbonyl (C=O) groups is 1. The highest BCUT2D eigenvalue weighted by Gasteiger charge is 2.43. The fourth-order valence-corrected chi connectivity index (χ4v) is 3.57. The Morgan fingerprint density at radius 2 is 2.04 bits per heavy atom. The summed E-state index contributed by atoms with van der Waals surface area (Å²) in [6.45, 7) is 8.24. The molecule has 1 aliphatic heterocycles. The second-order valence-electron chi connectivity index (χ2n) is 6.73. The summed E-state index contributed by atoms with van der Waals surface area (Å²) >= 11 is 1.70. The summed E-state index contributed by atoms with van der Waals surface area (Å²) in [5.41, 5.74) is 0.502. The molecule has 1 aliphatic rings. The average Bonchev–Trinajstić information content (AvgIpc) is 2.64. The van der Waals surface area contributed by atoms with Gasteiger partial charge in [-0.2, -0.15) is 0 Å². The van der Waals surface area contributed by atoms with E-state index in [4.69, 9.17) is 23.7 Å². The van der Waals surface area contributed by atoms with Crippen molar-refractivity contribution in [2.45, 2.75) is 57.2 Å². The van der Waals surface area contributed by atoms with Crippen LogP contribution in [0.1, 0.15) is 38.1 Å². The van der Waals surface area contributed by atoms with Gasteiger partial charge in [0.15, 0.2) is 5.79 Å².